The molecule has 0 aromatic heterocycles. The van der Waals surface area contributed by atoms with E-state index in [0.717, 1.165) is 25.3 Å². The maximum Gasteiger partial charge on any atom is 0.0667 e. The highest BCUT2D eigenvalue weighted by Gasteiger charge is 2.33. The molecule has 3 heteroatoms. The van der Waals surface area contributed by atoms with E-state index in [0.29, 0.717) is 0 Å². The second-order valence-corrected chi connectivity index (χ2v) is 5.05. The van der Waals surface area contributed by atoms with Gasteiger partial charge in [-0.25, -0.2) is 0 Å². The molecule has 1 saturated carbocycles. The average Bonchev–Trinajstić information content (AvgIpc) is 2.28. The minimum atomic E-state index is -0.0424. The van der Waals surface area contributed by atoms with Gasteiger partial charge in [-0.05, 0) is 38.5 Å². The molecule has 0 radical (unpaired) electrons. The third-order valence-corrected chi connectivity index (χ3v) is 3.70. The van der Waals surface area contributed by atoms with Gasteiger partial charge in [-0.3, -0.25) is 0 Å². The molecular formula is C12H25NO2. The largest absolute Gasteiger partial charge is 0.394 e. The van der Waals surface area contributed by atoms with Gasteiger partial charge >= 0.3 is 0 Å². The minimum Gasteiger partial charge on any atom is -0.394 e. The van der Waals surface area contributed by atoms with Gasteiger partial charge < -0.3 is 15.2 Å². The van der Waals surface area contributed by atoms with Crippen molar-refractivity contribution in [2.24, 2.45) is 5.92 Å². The lowest BCUT2D eigenvalue weighted by Gasteiger charge is -2.39. The van der Waals surface area contributed by atoms with Crippen molar-refractivity contribution in [3.05, 3.63) is 0 Å². The van der Waals surface area contributed by atoms with Gasteiger partial charge in [0.15, 0.2) is 0 Å². The first-order valence-electron chi connectivity index (χ1n) is 6.00. The summed E-state index contributed by atoms with van der Waals surface area (Å²) in [5, 5.41) is 13.0. The number of rotatable bonds is 5. The van der Waals surface area contributed by atoms with Gasteiger partial charge in [0.05, 0.1) is 12.7 Å². The van der Waals surface area contributed by atoms with E-state index in [1.54, 1.807) is 7.11 Å². The van der Waals surface area contributed by atoms with Crippen LogP contribution in [0.2, 0.25) is 0 Å². The van der Waals surface area contributed by atoms with Crippen LogP contribution in [0.5, 0.6) is 0 Å². The molecule has 1 aliphatic rings. The lowest BCUT2D eigenvalue weighted by Crippen LogP contribution is -2.52. The van der Waals surface area contributed by atoms with Crippen molar-refractivity contribution in [2.75, 3.05) is 20.3 Å². The number of aliphatic hydroxyl groups excluding tert-OH is 1. The van der Waals surface area contributed by atoms with Crippen LogP contribution in [0.25, 0.3) is 0 Å². The Morgan fingerprint density at radius 3 is 2.53 bits per heavy atom. The minimum absolute atomic E-state index is 0.0424. The molecule has 0 aromatic rings. The highest BCUT2D eigenvalue weighted by molar-refractivity contribution is 4.92. The Bertz CT molecular complexity index is 176. The Balaban J connectivity index is 2.39. The van der Waals surface area contributed by atoms with E-state index in [9.17, 15) is 5.11 Å². The molecule has 0 aromatic carbocycles. The number of aliphatic hydroxyl groups is 1. The van der Waals surface area contributed by atoms with Crippen LogP contribution >= 0.6 is 0 Å². The Morgan fingerprint density at radius 2 is 2.07 bits per heavy atom. The van der Waals surface area contributed by atoms with E-state index in [4.69, 9.17) is 4.74 Å². The summed E-state index contributed by atoms with van der Waals surface area (Å²) in [6, 6.07) is 0. The van der Waals surface area contributed by atoms with E-state index in [1.165, 1.54) is 12.8 Å². The predicted octanol–water partition coefficient (Wildman–Crippen LogP) is 1.55. The first-order chi connectivity index (χ1) is 7.12. The lowest BCUT2D eigenvalue weighted by atomic mass is 9.77. The van der Waals surface area contributed by atoms with Crippen LogP contribution in [-0.4, -0.2) is 37.0 Å². The normalized spacial score (nSPS) is 34.0. The van der Waals surface area contributed by atoms with Crippen LogP contribution in [0.15, 0.2) is 0 Å². The molecule has 15 heavy (non-hydrogen) atoms. The topological polar surface area (TPSA) is 41.5 Å². The molecule has 3 nitrogen and oxygen atoms in total. The third kappa shape index (κ3) is 3.74. The summed E-state index contributed by atoms with van der Waals surface area (Å²) in [6.45, 7) is 5.41. The van der Waals surface area contributed by atoms with E-state index < -0.39 is 0 Å². The van der Waals surface area contributed by atoms with Crippen molar-refractivity contribution in [3.8, 4) is 0 Å². The van der Waals surface area contributed by atoms with E-state index in [1.807, 2.05) is 6.92 Å². The molecule has 0 spiro atoms. The molecule has 2 N–H and O–H groups in total. The second-order valence-electron chi connectivity index (χ2n) is 5.05. The number of hydrogen-bond donors (Lipinski definition) is 2. The molecule has 1 aliphatic carbocycles. The number of ether oxygens (including phenoxy) is 1. The molecule has 1 unspecified atom stereocenters. The van der Waals surface area contributed by atoms with Crippen LogP contribution in [0, 0.1) is 5.92 Å². The molecule has 0 heterocycles. The van der Waals surface area contributed by atoms with Gasteiger partial charge in [0.1, 0.15) is 0 Å². The molecule has 1 rings (SSSR count). The fraction of sp³-hybridized carbons (Fsp3) is 1.00. The van der Waals surface area contributed by atoms with Gasteiger partial charge in [0.2, 0.25) is 0 Å². The van der Waals surface area contributed by atoms with Crippen LogP contribution in [0.4, 0.5) is 0 Å². The second kappa shape index (κ2) is 5.83. The Hall–Kier alpha value is -0.120. The van der Waals surface area contributed by atoms with Crippen molar-refractivity contribution in [3.63, 3.8) is 0 Å². The Morgan fingerprint density at radius 1 is 1.47 bits per heavy atom. The third-order valence-electron chi connectivity index (χ3n) is 3.70. The highest BCUT2D eigenvalue weighted by Crippen LogP contribution is 2.31. The molecular weight excluding hydrogens is 190 g/mol. The average molecular weight is 215 g/mol. The van der Waals surface area contributed by atoms with Crippen LogP contribution < -0.4 is 5.32 Å². The number of hydrogen-bond acceptors (Lipinski definition) is 3. The Kier molecular flexibility index (Phi) is 5.03. The molecule has 1 fully saturated rings. The van der Waals surface area contributed by atoms with Crippen LogP contribution in [0.3, 0.4) is 0 Å². The SMILES string of the molecule is COC(C)CNC1(CO)CCC(C)CC1. The fourth-order valence-corrected chi connectivity index (χ4v) is 2.15. The smallest absolute Gasteiger partial charge is 0.0667 e. The van der Waals surface area contributed by atoms with Gasteiger partial charge in [0, 0.05) is 19.2 Å². The summed E-state index contributed by atoms with van der Waals surface area (Å²) in [5.41, 5.74) is -0.0424. The first kappa shape index (κ1) is 12.9. The zero-order valence-corrected chi connectivity index (χ0v) is 10.3. The lowest BCUT2D eigenvalue weighted by molar-refractivity contribution is 0.0700. The molecule has 0 amide bonds. The summed E-state index contributed by atoms with van der Waals surface area (Å²) < 4.78 is 5.21. The summed E-state index contributed by atoms with van der Waals surface area (Å²) in [5.74, 6) is 0.811. The summed E-state index contributed by atoms with van der Waals surface area (Å²) in [7, 11) is 1.72. The van der Waals surface area contributed by atoms with Crippen LogP contribution in [-0.2, 0) is 4.74 Å². The summed E-state index contributed by atoms with van der Waals surface area (Å²) in [4.78, 5) is 0. The van der Waals surface area contributed by atoms with Crippen molar-refractivity contribution in [1.29, 1.82) is 0 Å². The standard InChI is InChI=1S/C12H25NO2/c1-10-4-6-12(9-14,7-5-10)13-8-11(2)15-3/h10-11,13-14H,4-9H2,1-3H3. The highest BCUT2D eigenvalue weighted by atomic mass is 16.5. The zero-order valence-electron chi connectivity index (χ0n) is 10.3. The van der Waals surface area contributed by atoms with Crippen molar-refractivity contribution in [2.45, 2.75) is 51.2 Å². The Labute approximate surface area is 93.2 Å². The van der Waals surface area contributed by atoms with E-state index >= 15 is 0 Å². The zero-order chi connectivity index (χ0) is 11.3. The quantitative estimate of drug-likeness (QED) is 0.731. The molecule has 0 bridgehead atoms. The molecule has 1 atom stereocenters. The molecule has 90 valence electrons. The van der Waals surface area contributed by atoms with Crippen molar-refractivity contribution in [1.82, 2.24) is 5.32 Å². The van der Waals surface area contributed by atoms with Crippen molar-refractivity contribution < 1.29 is 9.84 Å². The van der Waals surface area contributed by atoms with Gasteiger partial charge in [-0.2, -0.15) is 0 Å². The van der Waals surface area contributed by atoms with E-state index in [2.05, 4.69) is 12.2 Å². The summed E-state index contributed by atoms with van der Waals surface area (Å²) in [6.07, 6.45) is 4.82. The number of methoxy groups -OCH3 is 1. The maximum atomic E-state index is 9.51. The van der Waals surface area contributed by atoms with Gasteiger partial charge in [-0.1, -0.05) is 6.92 Å². The molecule has 0 aliphatic heterocycles. The fourth-order valence-electron chi connectivity index (χ4n) is 2.15. The van der Waals surface area contributed by atoms with Gasteiger partial charge in [0.25, 0.3) is 0 Å². The molecule has 0 saturated heterocycles. The monoisotopic (exact) mass is 215 g/mol. The summed E-state index contributed by atoms with van der Waals surface area (Å²) >= 11 is 0. The van der Waals surface area contributed by atoms with Crippen molar-refractivity contribution >= 4 is 0 Å². The van der Waals surface area contributed by atoms with E-state index in [-0.39, 0.29) is 18.2 Å². The van der Waals surface area contributed by atoms with Crippen LogP contribution in [0.1, 0.15) is 39.5 Å². The number of nitrogens with one attached hydrogen (secondary N) is 1. The first-order valence-corrected chi connectivity index (χ1v) is 6.00. The maximum absolute atomic E-state index is 9.51. The van der Waals surface area contributed by atoms with Gasteiger partial charge in [-0.15, -0.1) is 0 Å². The predicted molar refractivity (Wildman–Crippen MR) is 61.9 cm³/mol.